The van der Waals surface area contributed by atoms with Gasteiger partial charge in [-0.15, -0.1) is 0 Å². The van der Waals surface area contributed by atoms with Crippen LogP contribution in [0, 0.1) is 6.92 Å². The first kappa shape index (κ1) is 22.0. The van der Waals surface area contributed by atoms with Gasteiger partial charge in [0.05, 0.1) is 32.7 Å². The minimum Gasteiger partial charge on any atom is -0.495 e. The first-order valence-corrected chi connectivity index (χ1v) is 10.4. The maximum atomic E-state index is 13.4. The van der Waals surface area contributed by atoms with Crippen LogP contribution in [0.5, 0.6) is 17.2 Å². The molecule has 7 nitrogen and oxygen atoms in total. The second-order valence-electron chi connectivity index (χ2n) is 7.40. The van der Waals surface area contributed by atoms with Gasteiger partial charge >= 0.3 is 0 Å². The molecule has 1 heterocycles. The number of amides is 1. The van der Waals surface area contributed by atoms with E-state index in [2.05, 4.69) is 10.4 Å². The van der Waals surface area contributed by atoms with Crippen molar-refractivity contribution in [2.75, 3.05) is 26.6 Å². The summed E-state index contributed by atoms with van der Waals surface area (Å²) in [5.74, 6) is 1.39. The Morgan fingerprint density at radius 3 is 2.24 bits per heavy atom. The summed E-state index contributed by atoms with van der Waals surface area (Å²) in [7, 11) is 4.73. The van der Waals surface area contributed by atoms with Gasteiger partial charge in [0, 0.05) is 11.8 Å². The molecular formula is C26H25N3O4. The number of nitrogens with zero attached hydrogens (tertiary/aromatic N) is 2. The second kappa shape index (κ2) is 9.48. The van der Waals surface area contributed by atoms with E-state index in [9.17, 15) is 4.79 Å². The van der Waals surface area contributed by atoms with E-state index in [1.807, 2.05) is 73.8 Å². The van der Waals surface area contributed by atoms with Crippen molar-refractivity contribution in [2.24, 2.45) is 0 Å². The number of ether oxygens (including phenoxy) is 3. The fourth-order valence-corrected chi connectivity index (χ4v) is 3.57. The Bertz CT molecular complexity index is 1280. The molecule has 3 aromatic carbocycles. The van der Waals surface area contributed by atoms with Crippen LogP contribution in [0.3, 0.4) is 0 Å². The molecule has 0 radical (unpaired) electrons. The molecule has 4 aromatic rings. The van der Waals surface area contributed by atoms with Crippen LogP contribution in [-0.2, 0) is 0 Å². The van der Waals surface area contributed by atoms with Crippen molar-refractivity contribution in [3.8, 4) is 34.1 Å². The Morgan fingerprint density at radius 2 is 1.55 bits per heavy atom. The number of methoxy groups -OCH3 is 3. The number of nitrogens with one attached hydrogen (secondary N) is 1. The molecule has 1 aromatic heterocycles. The molecule has 0 saturated carbocycles. The number of para-hydroxylation sites is 1. The lowest BCUT2D eigenvalue weighted by molar-refractivity contribution is 0.102. The number of hydrogen-bond donors (Lipinski definition) is 1. The van der Waals surface area contributed by atoms with Crippen LogP contribution in [0.2, 0.25) is 0 Å². The number of benzene rings is 3. The third kappa shape index (κ3) is 4.52. The van der Waals surface area contributed by atoms with E-state index in [4.69, 9.17) is 14.2 Å². The van der Waals surface area contributed by atoms with Gasteiger partial charge in [0.15, 0.2) is 17.2 Å². The van der Waals surface area contributed by atoms with Crippen LogP contribution in [0.4, 0.5) is 5.69 Å². The highest BCUT2D eigenvalue weighted by atomic mass is 16.5. The molecule has 0 fully saturated rings. The van der Waals surface area contributed by atoms with Gasteiger partial charge in [0.1, 0.15) is 5.75 Å². The lowest BCUT2D eigenvalue weighted by Gasteiger charge is -2.12. The Kier molecular flexibility index (Phi) is 6.31. The predicted octanol–water partition coefficient (Wildman–Crippen LogP) is 5.13. The number of carbonyl (C=O) groups excluding carboxylic acids is 1. The maximum Gasteiger partial charge on any atom is 0.276 e. The van der Waals surface area contributed by atoms with Crippen LogP contribution >= 0.6 is 0 Å². The van der Waals surface area contributed by atoms with E-state index in [1.165, 1.54) is 0 Å². The van der Waals surface area contributed by atoms with Crippen LogP contribution in [0.15, 0.2) is 72.9 Å². The van der Waals surface area contributed by atoms with Gasteiger partial charge in [-0.2, -0.15) is 5.10 Å². The molecule has 0 aliphatic heterocycles. The van der Waals surface area contributed by atoms with Crippen LogP contribution in [-0.4, -0.2) is 37.0 Å². The third-order valence-corrected chi connectivity index (χ3v) is 5.25. The maximum absolute atomic E-state index is 13.4. The molecule has 168 valence electrons. The molecule has 0 bridgehead atoms. The quantitative estimate of drug-likeness (QED) is 0.429. The SMILES string of the molecule is COc1ccc(C)cc1NC(=O)c1nn(-c2ccccc2)cc1-c1ccc(OC)c(OC)c1. The molecular weight excluding hydrogens is 418 g/mol. The highest BCUT2D eigenvalue weighted by molar-refractivity contribution is 6.08. The van der Waals surface area contributed by atoms with E-state index < -0.39 is 0 Å². The fourth-order valence-electron chi connectivity index (χ4n) is 3.57. The van der Waals surface area contributed by atoms with Gasteiger partial charge in [-0.1, -0.05) is 30.3 Å². The first-order chi connectivity index (χ1) is 16.0. The van der Waals surface area contributed by atoms with Gasteiger partial charge in [0.2, 0.25) is 0 Å². The molecule has 1 amide bonds. The highest BCUT2D eigenvalue weighted by Gasteiger charge is 2.21. The minimum absolute atomic E-state index is 0.273. The zero-order valence-electron chi connectivity index (χ0n) is 19.0. The van der Waals surface area contributed by atoms with Gasteiger partial charge in [-0.05, 0) is 54.4 Å². The molecule has 7 heteroatoms. The summed E-state index contributed by atoms with van der Waals surface area (Å²) in [5.41, 5.74) is 4.12. The largest absolute Gasteiger partial charge is 0.495 e. The minimum atomic E-state index is -0.349. The molecule has 0 aliphatic rings. The zero-order valence-corrected chi connectivity index (χ0v) is 19.0. The van der Waals surface area contributed by atoms with Gasteiger partial charge in [0.25, 0.3) is 5.91 Å². The summed E-state index contributed by atoms with van der Waals surface area (Å²) in [6, 6.07) is 20.7. The molecule has 0 aliphatic carbocycles. The number of aryl methyl sites for hydroxylation is 1. The van der Waals surface area contributed by atoms with E-state index in [-0.39, 0.29) is 11.6 Å². The average Bonchev–Trinajstić information content (AvgIpc) is 3.30. The molecule has 0 spiro atoms. The van der Waals surface area contributed by atoms with Crippen molar-refractivity contribution in [2.45, 2.75) is 6.92 Å². The zero-order chi connectivity index (χ0) is 23.4. The Balaban J connectivity index is 1.81. The van der Waals surface area contributed by atoms with Gasteiger partial charge in [-0.25, -0.2) is 4.68 Å². The van der Waals surface area contributed by atoms with Gasteiger partial charge < -0.3 is 19.5 Å². The molecule has 4 rings (SSSR count). The molecule has 0 saturated heterocycles. The first-order valence-electron chi connectivity index (χ1n) is 10.4. The van der Waals surface area contributed by atoms with Crippen LogP contribution in [0.25, 0.3) is 16.8 Å². The fraction of sp³-hybridized carbons (Fsp3) is 0.154. The number of carbonyl (C=O) groups is 1. The lowest BCUT2D eigenvalue weighted by Crippen LogP contribution is -2.15. The Labute approximate surface area is 192 Å². The third-order valence-electron chi connectivity index (χ3n) is 5.25. The standard InChI is InChI=1S/C26H25N3O4/c1-17-10-12-22(31-2)21(14-17)27-26(30)25-20(16-29(28-25)19-8-6-5-7-9-19)18-11-13-23(32-3)24(15-18)33-4/h5-16H,1-4H3,(H,27,30). The Hall–Kier alpha value is -4.26. The average molecular weight is 444 g/mol. The summed E-state index contributed by atoms with van der Waals surface area (Å²) in [6.45, 7) is 1.95. The van der Waals surface area contributed by atoms with Crippen molar-refractivity contribution < 1.29 is 19.0 Å². The lowest BCUT2D eigenvalue weighted by atomic mass is 10.1. The smallest absolute Gasteiger partial charge is 0.276 e. The normalized spacial score (nSPS) is 10.5. The van der Waals surface area contributed by atoms with E-state index in [0.29, 0.717) is 28.5 Å². The van der Waals surface area contributed by atoms with Crippen LogP contribution < -0.4 is 19.5 Å². The number of anilines is 1. The summed E-state index contributed by atoms with van der Waals surface area (Å²) in [6.07, 6.45) is 1.83. The van der Waals surface area contributed by atoms with Crippen molar-refractivity contribution in [3.63, 3.8) is 0 Å². The monoisotopic (exact) mass is 443 g/mol. The second-order valence-corrected chi connectivity index (χ2v) is 7.40. The summed E-state index contributed by atoms with van der Waals surface area (Å²) in [5, 5.41) is 7.57. The van der Waals surface area contributed by atoms with Crippen molar-refractivity contribution in [1.82, 2.24) is 9.78 Å². The van der Waals surface area contributed by atoms with Crippen LogP contribution in [0.1, 0.15) is 16.1 Å². The van der Waals surface area contributed by atoms with Gasteiger partial charge in [-0.3, -0.25) is 4.79 Å². The topological polar surface area (TPSA) is 74.6 Å². The van der Waals surface area contributed by atoms with E-state index in [0.717, 1.165) is 16.8 Å². The molecule has 0 unspecified atom stereocenters. The molecule has 1 N–H and O–H groups in total. The predicted molar refractivity (Wildman–Crippen MR) is 128 cm³/mol. The highest BCUT2D eigenvalue weighted by Crippen LogP contribution is 2.34. The van der Waals surface area contributed by atoms with Crippen molar-refractivity contribution in [3.05, 3.63) is 84.2 Å². The molecule has 0 atom stereocenters. The number of aromatic nitrogens is 2. The van der Waals surface area contributed by atoms with E-state index >= 15 is 0 Å². The summed E-state index contributed by atoms with van der Waals surface area (Å²) in [4.78, 5) is 13.4. The van der Waals surface area contributed by atoms with Crippen molar-refractivity contribution >= 4 is 11.6 Å². The Morgan fingerprint density at radius 1 is 0.848 bits per heavy atom. The van der Waals surface area contributed by atoms with Crippen molar-refractivity contribution in [1.29, 1.82) is 0 Å². The molecule has 33 heavy (non-hydrogen) atoms. The summed E-state index contributed by atoms with van der Waals surface area (Å²) < 4.78 is 17.9. The number of hydrogen-bond acceptors (Lipinski definition) is 5. The van der Waals surface area contributed by atoms with E-state index in [1.54, 1.807) is 32.1 Å². The number of rotatable bonds is 7. The summed E-state index contributed by atoms with van der Waals surface area (Å²) >= 11 is 0.